The molecule has 2 aromatic carbocycles. The van der Waals surface area contributed by atoms with E-state index in [1.807, 2.05) is 37.3 Å². The van der Waals surface area contributed by atoms with Crippen molar-refractivity contribution in [1.82, 2.24) is 5.32 Å². The van der Waals surface area contributed by atoms with Gasteiger partial charge in [-0.15, -0.1) is 0 Å². The van der Waals surface area contributed by atoms with Gasteiger partial charge in [-0.1, -0.05) is 41.9 Å². The molecule has 6 heteroatoms. The summed E-state index contributed by atoms with van der Waals surface area (Å²) in [6.45, 7) is 4.08. The Bertz CT molecular complexity index is 722. The minimum Gasteiger partial charge on any atom is -0.462 e. The zero-order chi connectivity index (χ0) is 17.5. The lowest BCUT2D eigenvalue weighted by atomic mass is 10.1. The summed E-state index contributed by atoms with van der Waals surface area (Å²) in [6, 6.07) is 15.1. The zero-order valence-electron chi connectivity index (χ0n) is 13.5. The summed E-state index contributed by atoms with van der Waals surface area (Å²) in [6.07, 6.45) is 0. The molecule has 2 rings (SSSR count). The number of hydrogen-bond donors (Lipinski definition) is 2. The molecule has 0 aromatic heterocycles. The summed E-state index contributed by atoms with van der Waals surface area (Å²) in [7, 11) is 0. The van der Waals surface area contributed by atoms with Crippen molar-refractivity contribution in [3.8, 4) is 0 Å². The van der Waals surface area contributed by atoms with Crippen LogP contribution in [0.25, 0.3) is 0 Å². The number of thiocarbonyl (C=S) groups is 1. The summed E-state index contributed by atoms with van der Waals surface area (Å²) >= 11 is 11.5. The first-order valence-electron chi connectivity index (χ1n) is 7.60. The maximum Gasteiger partial charge on any atom is 0.339 e. The second-order valence-corrected chi connectivity index (χ2v) is 5.96. The normalized spacial score (nSPS) is 11.5. The third-order valence-corrected chi connectivity index (χ3v) is 3.90. The second-order valence-electron chi connectivity index (χ2n) is 5.15. The van der Waals surface area contributed by atoms with Crippen LogP contribution in [0.5, 0.6) is 0 Å². The first-order valence-corrected chi connectivity index (χ1v) is 8.39. The van der Waals surface area contributed by atoms with E-state index in [4.69, 9.17) is 28.6 Å². The number of ether oxygens (including phenoxy) is 1. The fourth-order valence-corrected chi connectivity index (χ4v) is 2.71. The average molecular weight is 363 g/mol. The molecule has 0 aliphatic carbocycles. The number of hydrogen-bond acceptors (Lipinski definition) is 3. The molecule has 2 aromatic rings. The van der Waals surface area contributed by atoms with Crippen molar-refractivity contribution in [3.05, 3.63) is 64.7 Å². The van der Waals surface area contributed by atoms with Crippen molar-refractivity contribution in [1.29, 1.82) is 0 Å². The van der Waals surface area contributed by atoms with Crippen LogP contribution < -0.4 is 10.6 Å². The molecule has 0 saturated carbocycles. The molecular weight excluding hydrogens is 344 g/mol. The van der Waals surface area contributed by atoms with E-state index in [0.717, 1.165) is 5.56 Å². The van der Waals surface area contributed by atoms with Gasteiger partial charge in [0.15, 0.2) is 5.11 Å². The van der Waals surface area contributed by atoms with Gasteiger partial charge >= 0.3 is 5.97 Å². The van der Waals surface area contributed by atoms with Gasteiger partial charge in [0.25, 0.3) is 0 Å². The molecule has 0 radical (unpaired) electrons. The molecule has 0 unspecified atom stereocenters. The van der Waals surface area contributed by atoms with Crippen molar-refractivity contribution < 1.29 is 9.53 Å². The molecule has 0 bridgehead atoms. The minimum atomic E-state index is -0.438. The average Bonchev–Trinajstić information content (AvgIpc) is 2.55. The predicted molar refractivity (Wildman–Crippen MR) is 102 cm³/mol. The maximum absolute atomic E-state index is 11.7. The highest BCUT2D eigenvalue weighted by Gasteiger charge is 2.12. The summed E-state index contributed by atoms with van der Waals surface area (Å²) in [5.41, 5.74) is 2.17. The van der Waals surface area contributed by atoms with Crippen molar-refractivity contribution in [3.63, 3.8) is 0 Å². The molecule has 2 N–H and O–H groups in total. The van der Waals surface area contributed by atoms with Crippen LogP contribution in [0.1, 0.15) is 35.8 Å². The van der Waals surface area contributed by atoms with E-state index in [1.54, 1.807) is 25.1 Å². The maximum atomic E-state index is 11.7. The standard InChI is InChI=1S/C18H19ClN2O2S/c1-3-23-17(22)15-10-9-14(11-16(15)19)21-18(24)20-12(2)13-7-5-4-6-8-13/h4-12H,3H2,1-2H3,(H2,20,21,24)/t12-/m1/s1. The van der Waals surface area contributed by atoms with E-state index in [0.29, 0.717) is 28.0 Å². The summed E-state index contributed by atoms with van der Waals surface area (Å²) in [5, 5.41) is 7.07. The number of nitrogens with one attached hydrogen (secondary N) is 2. The van der Waals surface area contributed by atoms with Gasteiger partial charge in [-0.05, 0) is 49.8 Å². The third kappa shape index (κ3) is 4.94. The Kier molecular flexibility index (Phi) is 6.58. The van der Waals surface area contributed by atoms with Crippen LogP contribution >= 0.6 is 23.8 Å². The van der Waals surface area contributed by atoms with Gasteiger partial charge in [0.1, 0.15) is 0 Å². The molecule has 4 nitrogen and oxygen atoms in total. The lowest BCUT2D eigenvalue weighted by Gasteiger charge is -2.17. The van der Waals surface area contributed by atoms with Gasteiger partial charge in [-0.3, -0.25) is 0 Å². The van der Waals surface area contributed by atoms with Crippen molar-refractivity contribution in [2.45, 2.75) is 19.9 Å². The molecule has 24 heavy (non-hydrogen) atoms. The molecule has 0 fully saturated rings. The van der Waals surface area contributed by atoms with E-state index >= 15 is 0 Å². The van der Waals surface area contributed by atoms with Crippen LogP contribution in [0.4, 0.5) is 5.69 Å². The van der Waals surface area contributed by atoms with Crippen molar-refractivity contribution in [2.75, 3.05) is 11.9 Å². The number of carbonyl (C=O) groups excluding carboxylic acids is 1. The van der Waals surface area contributed by atoms with Crippen LogP contribution in [-0.2, 0) is 4.74 Å². The quantitative estimate of drug-likeness (QED) is 0.603. The Balaban J connectivity index is 1.99. The number of esters is 1. The molecule has 0 heterocycles. The van der Waals surface area contributed by atoms with Gasteiger partial charge in [0.2, 0.25) is 0 Å². The molecule has 126 valence electrons. The van der Waals surface area contributed by atoms with Crippen molar-refractivity contribution >= 4 is 40.6 Å². The van der Waals surface area contributed by atoms with Crippen molar-refractivity contribution in [2.24, 2.45) is 0 Å². The van der Waals surface area contributed by atoms with Crippen LogP contribution in [-0.4, -0.2) is 17.7 Å². The highest BCUT2D eigenvalue weighted by molar-refractivity contribution is 7.80. The molecular formula is C18H19ClN2O2S. The van der Waals surface area contributed by atoms with Gasteiger partial charge in [-0.25, -0.2) is 4.79 Å². The monoisotopic (exact) mass is 362 g/mol. The number of benzene rings is 2. The Labute approximate surface area is 152 Å². The Morgan fingerprint density at radius 1 is 1.25 bits per heavy atom. The number of carbonyl (C=O) groups is 1. The summed E-state index contributed by atoms with van der Waals surface area (Å²) in [5.74, 6) is -0.438. The molecule has 0 aliphatic heterocycles. The zero-order valence-corrected chi connectivity index (χ0v) is 15.1. The Morgan fingerprint density at radius 3 is 2.58 bits per heavy atom. The second kappa shape index (κ2) is 8.66. The fourth-order valence-electron chi connectivity index (χ4n) is 2.16. The van der Waals surface area contributed by atoms with Gasteiger partial charge < -0.3 is 15.4 Å². The summed E-state index contributed by atoms with van der Waals surface area (Å²) < 4.78 is 4.95. The topological polar surface area (TPSA) is 50.4 Å². The number of anilines is 1. The molecule has 1 atom stereocenters. The largest absolute Gasteiger partial charge is 0.462 e. The Morgan fingerprint density at radius 2 is 1.96 bits per heavy atom. The van der Waals surface area contributed by atoms with Crippen LogP contribution in [0, 0.1) is 0 Å². The molecule has 0 aliphatic rings. The van der Waals surface area contributed by atoms with E-state index in [9.17, 15) is 4.79 Å². The predicted octanol–water partition coefficient (Wildman–Crippen LogP) is 4.56. The Hall–Kier alpha value is -2.11. The molecule has 0 saturated heterocycles. The fraction of sp³-hybridized carbons (Fsp3) is 0.222. The van der Waals surface area contributed by atoms with Gasteiger partial charge in [-0.2, -0.15) is 0 Å². The molecule has 0 spiro atoms. The van der Waals surface area contributed by atoms with E-state index in [-0.39, 0.29) is 6.04 Å². The van der Waals surface area contributed by atoms with E-state index in [1.165, 1.54) is 0 Å². The smallest absolute Gasteiger partial charge is 0.339 e. The highest BCUT2D eigenvalue weighted by atomic mass is 35.5. The van der Waals surface area contributed by atoms with Crippen LogP contribution in [0.2, 0.25) is 5.02 Å². The van der Waals surface area contributed by atoms with Crippen LogP contribution in [0.3, 0.4) is 0 Å². The number of rotatable bonds is 5. The first kappa shape index (κ1) is 18.2. The van der Waals surface area contributed by atoms with Crippen LogP contribution in [0.15, 0.2) is 48.5 Å². The van der Waals surface area contributed by atoms with Gasteiger partial charge in [0.05, 0.1) is 23.2 Å². The highest BCUT2D eigenvalue weighted by Crippen LogP contribution is 2.22. The van der Waals surface area contributed by atoms with E-state index < -0.39 is 5.97 Å². The lowest BCUT2D eigenvalue weighted by Crippen LogP contribution is -2.30. The lowest BCUT2D eigenvalue weighted by molar-refractivity contribution is 0.0526. The SMILES string of the molecule is CCOC(=O)c1ccc(NC(=S)N[C@H](C)c2ccccc2)cc1Cl. The first-order chi connectivity index (χ1) is 11.5. The summed E-state index contributed by atoms with van der Waals surface area (Å²) in [4.78, 5) is 11.7. The number of halogens is 1. The van der Waals surface area contributed by atoms with E-state index in [2.05, 4.69) is 10.6 Å². The van der Waals surface area contributed by atoms with Gasteiger partial charge in [0, 0.05) is 5.69 Å². The molecule has 0 amide bonds. The third-order valence-electron chi connectivity index (χ3n) is 3.37. The minimum absolute atomic E-state index is 0.0699.